The highest BCUT2D eigenvalue weighted by atomic mass is 19.1. The molecule has 168 valence electrons. The van der Waals surface area contributed by atoms with Crippen LogP contribution in [0.2, 0.25) is 0 Å². The zero-order valence-corrected chi connectivity index (χ0v) is 17.4. The smallest absolute Gasteiger partial charge is 0.229 e. The van der Waals surface area contributed by atoms with Crippen LogP contribution in [-0.2, 0) is 11.2 Å². The minimum Gasteiger partial charge on any atom is -0.507 e. The summed E-state index contributed by atoms with van der Waals surface area (Å²) in [5, 5.41) is 39.7. The molecular weight excluding hydrogens is 407 g/mol. The standard InChI is InChI=1S/C23H27FO7/c1-12-3-5-14(6-4-12)7-8-15(26)19-16(27)9-13(2)10-17(19)30-23-22(29)21(28)20(24)18(11-25)31-23/h3-6,9-10,18,20-23,25,27-29H,7-8,11H2,1-2H3. The first-order chi connectivity index (χ1) is 14.7. The van der Waals surface area contributed by atoms with E-state index in [2.05, 4.69) is 0 Å². The molecule has 1 heterocycles. The lowest BCUT2D eigenvalue weighted by atomic mass is 9.98. The maximum Gasteiger partial charge on any atom is 0.229 e. The molecule has 5 unspecified atom stereocenters. The zero-order chi connectivity index (χ0) is 22.7. The van der Waals surface area contributed by atoms with E-state index in [4.69, 9.17) is 9.47 Å². The van der Waals surface area contributed by atoms with Gasteiger partial charge in [0.05, 0.1) is 6.61 Å². The van der Waals surface area contributed by atoms with Crippen LogP contribution in [0.4, 0.5) is 4.39 Å². The predicted octanol–water partition coefficient (Wildman–Crippen LogP) is 1.98. The van der Waals surface area contributed by atoms with Gasteiger partial charge in [0.25, 0.3) is 0 Å². The number of aliphatic hydroxyl groups excluding tert-OH is 3. The van der Waals surface area contributed by atoms with Gasteiger partial charge in [0, 0.05) is 6.42 Å². The first kappa shape index (κ1) is 23.1. The van der Waals surface area contributed by atoms with Crippen LogP contribution in [0, 0.1) is 13.8 Å². The summed E-state index contributed by atoms with van der Waals surface area (Å²) in [4.78, 5) is 12.9. The number of carbonyl (C=O) groups excluding carboxylic acids is 1. The minimum atomic E-state index is -2.00. The number of hydrogen-bond acceptors (Lipinski definition) is 7. The number of aryl methyl sites for hydroxylation is 3. The Morgan fingerprint density at radius 1 is 1.10 bits per heavy atom. The number of aliphatic hydroxyl groups is 3. The minimum absolute atomic E-state index is 0.0587. The first-order valence-corrected chi connectivity index (χ1v) is 10.1. The van der Waals surface area contributed by atoms with Gasteiger partial charge in [0.1, 0.15) is 35.4 Å². The van der Waals surface area contributed by atoms with Gasteiger partial charge < -0.3 is 29.9 Å². The van der Waals surface area contributed by atoms with Crippen molar-refractivity contribution in [1.82, 2.24) is 0 Å². The lowest BCUT2D eigenvalue weighted by Gasteiger charge is -2.38. The van der Waals surface area contributed by atoms with Gasteiger partial charge in [-0.05, 0) is 43.5 Å². The van der Waals surface area contributed by atoms with Gasteiger partial charge in [0.2, 0.25) is 6.29 Å². The number of phenolic OH excluding ortho intramolecular Hbond substituents is 1. The van der Waals surface area contributed by atoms with E-state index in [9.17, 15) is 29.6 Å². The van der Waals surface area contributed by atoms with Gasteiger partial charge >= 0.3 is 0 Å². The molecule has 0 aliphatic carbocycles. The van der Waals surface area contributed by atoms with Gasteiger partial charge in [-0.3, -0.25) is 4.79 Å². The number of phenols is 1. The van der Waals surface area contributed by atoms with E-state index in [1.54, 1.807) is 6.92 Å². The van der Waals surface area contributed by atoms with Crippen LogP contribution >= 0.6 is 0 Å². The van der Waals surface area contributed by atoms with E-state index in [0.29, 0.717) is 12.0 Å². The van der Waals surface area contributed by atoms with Crippen LogP contribution in [0.5, 0.6) is 11.5 Å². The van der Waals surface area contributed by atoms with Crippen LogP contribution in [0.1, 0.15) is 33.5 Å². The van der Waals surface area contributed by atoms with Crippen LogP contribution < -0.4 is 4.74 Å². The maximum absolute atomic E-state index is 14.0. The number of ketones is 1. The predicted molar refractivity (Wildman–Crippen MR) is 110 cm³/mol. The summed E-state index contributed by atoms with van der Waals surface area (Å²) >= 11 is 0. The van der Waals surface area contributed by atoms with E-state index in [1.807, 2.05) is 31.2 Å². The molecule has 2 aromatic rings. The summed E-state index contributed by atoms with van der Waals surface area (Å²) in [6.45, 7) is 2.91. The third kappa shape index (κ3) is 5.22. The summed E-state index contributed by atoms with van der Waals surface area (Å²) < 4.78 is 24.8. The molecule has 0 saturated carbocycles. The maximum atomic E-state index is 14.0. The Hall–Kier alpha value is -2.52. The van der Waals surface area contributed by atoms with Crippen molar-refractivity contribution in [2.45, 2.75) is 57.5 Å². The van der Waals surface area contributed by atoms with Crippen molar-refractivity contribution in [2.75, 3.05) is 6.61 Å². The van der Waals surface area contributed by atoms with Crippen LogP contribution in [0.25, 0.3) is 0 Å². The molecule has 1 aliphatic rings. The Labute approximate surface area is 179 Å². The molecule has 5 atom stereocenters. The normalized spacial score (nSPS) is 25.9. The van der Waals surface area contributed by atoms with Crippen molar-refractivity contribution in [3.8, 4) is 11.5 Å². The van der Waals surface area contributed by atoms with Crippen molar-refractivity contribution < 1.29 is 39.1 Å². The van der Waals surface area contributed by atoms with Crippen LogP contribution in [0.3, 0.4) is 0 Å². The number of alkyl halides is 1. The molecule has 0 amide bonds. The Balaban J connectivity index is 1.82. The molecule has 7 nitrogen and oxygen atoms in total. The van der Waals surface area contributed by atoms with E-state index in [0.717, 1.165) is 11.1 Å². The number of aromatic hydroxyl groups is 1. The Bertz CT molecular complexity index is 913. The van der Waals surface area contributed by atoms with Crippen molar-refractivity contribution in [2.24, 2.45) is 0 Å². The van der Waals surface area contributed by atoms with Crippen LogP contribution in [-0.4, -0.2) is 63.6 Å². The molecule has 2 aromatic carbocycles. The topological polar surface area (TPSA) is 116 Å². The molecule has 0 aromatic heterocycles. The first-order valence-electron chi connectivity index (χ1n) is 10.1. The average molecular weight is 434 g/mol. The van der Waals surface area contributed by atoms with Crippen molar-refractivity contribution >= 4 is 5.78 Å². The van der Waals surface area contributed by atoms with Crippen LogP contribution in [0.15, 0.2) is 36.4 Å². The number of carbonyl (C=O) groups is 1. The van der Waals surface area contributed by atoms with E-state index < -0.39 is 37.4 Å². The Kier molecular flexibility index (Phi) is 7.27. The second-order valence-electron chi connectivity index (χ2n) is 7.83. The highest BCUT2D eigenvalue weighted by Gasteiger charge is 2.46. The fourth-order valence-corrected chi connectivity index (χ4v) is 3.51. The summed E-state index contributed by atoms with van der Waals surface area (Å²) in [5.41, 5.74) is 2.55. The largest absolute Gasteiger partial charge is 0.507 e. The number of ether oxygens (including phenoxy) is 2. The molecule has 31 heavy (non-hydrogen) atoms. The molecular formula is C23H27FO7. The highest BCUT2D eigenvalue weighted by Crippen LogP contribution is 2.34. The monoisotopic (exact) mass is 434 g/mol. The fourth-order valence-electron chi connectivity index (χ4n) is 3.51. The van der Waals surface area contributed by atoms with Gasteiger partial charge in [-0.25, -0.2) is 4.39 Å². The lowest BCUT2D eigenvalue weighted by Crippen LogP contribution is -2.58. The SMILES string of the molecule is Cc1ccc(CCC(=O)c2c(O)cc(C)cc2OC2OC(CO)C(F)C(O)C2O)cc1. The molecule has 0 spiro atoms. The van der Waals surface area contributed by atoms with Gasteiger partial charge in [-0.2, -0.15) is 0 Å². The van der Waals surface area contributed by atoms with Gasteiger partial charge in [0.15, 0.2) is 12.0 Å². The summed E-state index contributed by atoms with van der Waals surface area (Å²) in [6.07, 6.45) is -7.99. The number of benzene rings is 2. The molecule has 1 saturated heterocycles. The molecule has 1 fully saturated rings. The summed E-state index contributed by atoms with van der Waals surface area (Å²) in [7, 11) is 0. The van der Waals surface area contributed by atoms with E-state index in [-0.39, 0.29) is 29.3 Å². The second kappa shape index (κ2) is 9.74. The molecule has 3 rings (SSSR count). The Morgan fingerprint density at radius 3 is 2.42 bits per heavy atom. The number of Topliss-reactive ketones (excluding diaryl/α,β-unsaturated/α-hetero) is 1. The number of halogens is 1. The summed E-state index contributed by atoms with van der Waals surface area (Å²) in [5.74, 6) is -0.741. The number of rotatable bonds is 7. The van der Waals surface area contributed by atoms with E-state index >= 15 is 0 Å². The van der Waals surface area contributed by atoms with Crippen molar-refractivity contribution in [3.05, 3.63) is 58.7 Å². The summed E-state index contributed by atoms with van der Waals surface area (Å²) in [6, 6.07) is 10.6. The van der Waals surface area contributed by atoms with Crippen molar-refractivity contribution in [3.63, 3.8) is 0 Å². The third-order valence-corrected chi connectivity index (χ3v) is 5.31. The molecule has 1 aliphatic heterocycles. The third-order valence-electron chi connectivity index (χ3n) is 5.31. The van der Waals surface area contributed by atoms with Gasteiger partial charge in [-0.15, -0.1) is 0 Å². The number of hydrogen-bond donors (Lipinski definition) is 4. The molecule has 4 N–H and O–H groups in total. The fraction of sp³-hybridized carbons (Fsp3) is 0.435. The van der Waals surface area contributed by atoms with Crippen molar-refractivity contribution in [1.29, 1.82) is 0 Å². The quantitative estimate of drug-likeness (QED) is 0.493. The molecule has 0 bridgehead atoms. The Morgan fingerprint density at radius 2 is 1.77 bits per heavy atom. The molecule has 8 heteroatoms. The zero-order valence-electron chi connectivity index (χ0n) is 17.4. The second-order valence-corrected chi connectivity index (χ2v) is 7.83. The lowest BCUT2D eigenvalue weighted by molar-refractivity contribution is -0.265. The average Bonchev–Trinajstić information content (AvgIpc) is 2.73. The van der Waals surface area contributed by atoms with E-state index in [1.165, 1.54) is 12.1 Å². The van der Waals surface area contributed by atoms with Gasteiger partial charge in [-0.1, -0.05) is 29.8 Å². The highest BCUT2D eigenvalue weighted by molar-refractivity contribution is 6.01. The molecule has 0 radical (unpaired) electrons.